The quantitative estimate of drug-likeness (QED) is 0.633. The smallest absolute Gasteiger partial charge is 0.315 e. The molecule has 19 heavy (non-hydrogen) atoms. The van der Waals surface area contributed by atoms with Crippen LogP contribution in [0.25, 0.3) is 0 Å². The molecule has 1 N–H and O–H groups in total. The third-order valence-electron chi connectivity index (χ3n) is 2.67. The lowest BCUT2D eigenvalue weighted by molar-refractivity contribution is -0.143. The predicted molar refractivity (Wildman–Crippen MR) is 69.2 cm³/mol. The van der Waals surface area contributed by atoms with Crippen molar-refractivity contribution in [1.29, 1.82) is 0 Å². The zero-order valence-electron chi connectivity index (χ0n) is 10.8. The molecule has 0 aliphatic heterocycles. The Balaban J connectivity index is 2.70. The second-order valence-corrected chi connectivity index (χ2v) is 3.94. The van der Waals surface area contributed by atoms with Gasteiger partial charge in [0.1, 0.15) is 11.9 Å². The molecular formula is C14H15NO4. The molecule has 0 saturated heterocycles. The predicted octanol–water partition coefficient (Wildman–Crippen LogP) is 0.983. The first-order valence-electron chi connectivity index (χ1n) is 5.72. The molecule has 0 spiro atoms. The molecule has 0 aromatic heterocycles. The van der Waals surface area contributed by atoms with Crippen molar-refractivity contribution in [2.75, 3.05) is 13.7 Å². The Morgan fingerprint density at radius 1 is 1.32 bits per heavy atom. The van der Waals surface area contributed by atoms with Crippen molar-refractivity contribution in [2.24, 2.45) is 5.92 Å². The number of benzene rings is 1. The number of amides is 1. The summed E-state index contributed by atoms with van der Waals surface area (Å²) in [7, 11) is 1.23. The average Bonchev–Trinajstić information content (AvgIpc) is 2.47. The minimum absolute atomic E-state index is 0.00146. The van der Waals surface area contributed by atoms with Gasteiger partial charge < -0.3 is 10.1 Å². The minimum Gasteiger partial charge on any atom is -0.468 e. The van der Waals surface area contributed by atoms with E-state index in [9.17, 15) is 14.4 Å². The van der Waals surface area contributed by atoms with Gasteiger partial charge >= 0.3 is 5.97 Å². The minimum atomic E-state index is -0.810. The van der Waals surface area contributed by atoms with Crippen LogP contribution in [0.3, 0.4) is 0 Å². The molecule has 0 aliphatic carbocycles. The molecule has 0 radical (unpaired) electrons. The van der Waals surface area contributed by atoms with E-state index in [1.54, 1.807) is 36.3 Å². The molecule has 1 aromatic carbocycles. The summed E-state index contributed by atoms with van der Waals surface area (Å²) in [5.74, 6) is -0.0384. The summed E-state index contributed by atoms with van der Waals surface area (Å²) in [5.41, 5.74) is 0.680. The van der Waals surface area contributed by atoms with Crippen LogP contribution in [0.5, 0.6) is 0 Å². The maximum atomic E-state index is 11.8. The molecule has 100 valence electrons. The second kappa shape index (κ2) is 7.13. The van der Waals surface area contributed by atoms with Gasteiger partial charge in [-0.15, -0.1) is 0 Å². The molecule has 5 nitrogen and oxygen atoms in total. The van der Waals surface area contributed by atoms with E-state index in [0.29, 0.717) is 5.56 Å². The number of carbonyl (C=O) groups is 2. The molecule has 1 amide bonds. The number of nitrogens with one attached hydrogen (secondary N) is 1. The molecule has 0 saturated carbocycles. The van der Waals surface area contributed by atoms with Crippen molar-refractivity contribution in [3.63, 3.8) is 0 Å². The lowest BCUT2D eigenvalue weighted by Crippen LogP contribution is -2.34. The van der Waals surface area contributed by atoms with Crippen molar-refractivity contribution in [1.82, 2.24) is 5.32 Å². The molecule has 1 rings (SSSR count). The maximum Gasteiger partial charge on any atom is 0.315 e. The first-order chi connectivity index (χ1) is 9.10. The fourth-order valence-corrected chi connectivity index (χ4v) is 1.51. The Hall–Kier alpha value is -2.39. The summed E-state index contributed by atoms with van der Waals surface area (Å²) in [5, 5.41) is 2.59. The van der Waals surface area contributed by atoms with Crippen molar-refractivity contribution < 1.29 is 19.1 Å². The zero-order chi connectivity index (χ0) is 14.3. The lowest BCUT2D eigenvalue weighted by Gasteiger charge is -2.14. The third kappa shape index (κ3) is 4.08. The van der Waals surface area contributed by atoms with Crippen molar-refractivity contribution >= 4 is 17.8 Å². The number of rotatable bonds is 5. The van der Waals surface area contributed by atoms with Gasteiger partial charge in [-0.1, -0.05) is 18.2 Å². The van der Waals surface area contributed by atoms with E-state index in [0.717, 1.165) is 0 Å². The summed E-state index contributed by atoms with van der Waals surface area (Å²) in [4.78, 5) is 33.9. The van der Waals surface area contributed by atoms with Crippen LogP contribution in [0.1, 0.15) is 17.3 Å². The Morgan fingerprint density at radius 3 is 2.47 bits per heavy atom. The van der Waals surface area contributed by atoms with Crippen LogP contribution in [0.4, 0.5) is 0 Å². The third-order valence-corrected chi connectivity index (χ3v) is 2.67. The number of methoxy groups -OCH3 is 1. The molecule has 1 atom stereocenters. The summed E-state index contributed by atoms with van der Waals surface area (Å²) in [6.45, 7) is 1.48. The van der Waals surface area contributed by atoms with Crippen molar-refractivity contribution in [2.45, 2.75) is 6.92 Å². The van der Waals surface area contributed by atoms with Crippen LogP contribution in [-0.4, -0.2) is 31.5 Å². The van der Waals surface area contributed by atoms with Gasteiger partial charge in [-0.25, -0.2) is 4.79 Å². The van der Waals surface area contributed by atoms with E-state index in [1.165, 1.54) is 14.0 Å². The van der Waals surface area contributed by atoms with Crippen LogP contribution in [0.15, 0.2) is 35.9 Å². The number of ether oxygens (including phenoxy) is 1. The van der Waals surface area contributed by atoms with Crippen LogP contribution in [0, 0.1) is 5.92 Å². The van der Waals surface area contributed by atoms with Gasteiger partial charge in [-0.2, -0.15) is 0 Å². The van der Waals surface area contributed by atoms with Gasteiger partial charge in [-0.05, 0) is 19.1 Å². The van der Waals surface area contributed by atoms with Gasteiger partial charge in [0.05, 0.1) is 7.11 Å². The first-order valence-corrected chi connectivity index (χ1v) is 5.72. The van der Waals surface area contributed by atoms with Crippen molar-refractivity contribution in [3.8, 4) is 0 Å². The Bertz CT molecular complexity index is 503. The van der Waals surface area contributed by atoms with E-state index < -0.39 is 11.9 Å². The highest BCUT2D eigenvalue weighted by atomic mass is 16.5. The maximum absolute atomic E-state index is 11.8. The molecule has 1 aromatic rings. The van der Waals surface area contributed by atoms with E-state index in [1.807, 2.05) is 0 Å². The zero-order valence-corrected chi connectivity index (χ0v) is 10.8. The molecule has 5 heteroatoms. The van der Waals surface area contributed by atoms with Gasteiger partial charge in [0, 0.05) is 17.7 Å². The number of hydrogen-bond donors (Lipinski definition) is 1. The van der Waals surface area contributed by atoms with Gasteiger partial charge in [-0.3, -0.25) is 9.59 Å². The number of esters is 1. The molecule has 1 unspecified atom stereocenters. The summed E-state index contributed by atoms with van der Waals surface area (Å²) in [6.07, 6.45) is 0. The van der Waals surface area contributed by atoms with Crippen molar-refractivity contribution in [3.05, 3.63) is 41.5 Å². The summed E-state index contributed by atoms with van der Waals surface area (Å²) in [6, 6.07) is 8.59. The standard InChI is InChI=1S/C14H15NO4/c1-10(9-16)12(14(18)19-2)8-15-13(17)11-6-4-3-5-7-11/h3-7,12H,8H2,1-2H3,(H,15,17). The highest BCUT2D eigenvalue weighted by molar-refractivity contribution is 5.94. The normalized spacial score (nSPS) is 11.1. The lowest BCUT2D eigenvalue weighted by atomic mass is 10.0. The van der Waals surface area contributed by atoms with Crippen LogP contribution >= 0.6 is 0 Å². The SMILES string of the molecule is COC(=O)C(CNC(=O)c1ccccc1)C(C)=C=O. The highest BCUT2D eigenvalue weighted by Gasteiger charge is 2.22. The molecule has 0 heterocycles. The Labute approximate surface area is 111 Å². The fourth-order valence-electron chi connectivity index (χ4n) is 1.51. The largest absolute Gasteiger partial charge is 0.468 e. The van der Waals surface area contributed by atoms with Gasteiger partial charge in [0.2, 0.25) is 0 Å². The Morgan fingerprint density at radius 2 is 1.95 bits per heavy atom. The van der Waals surface area contributed by atoms with E-state index in [4.69, 9.17) is 0 Å². The summed E-state index contributed by atoms with van der Waals surface area (Å²) < 4.78 is 4.58. The fraction of sp³-hybridized carbons (Fsp3) is 0.286. The monoisotopic (exact) mass is 261 g/mol. The van der Waals surface area contributed by atoms with Gasteiger partial charge in [0.25, 0.3) is 5.91 Å². The van der Waals surface area contributed by atoms with Crippen LogP contribution in [0.2, 0.25) is 0 Å². The topological polar surface area (TPSA) is 72.5 Å². The van der Waals surface area contributed by atoms with Gasteiger partial charge in [0.15, 0.2) is 0 Å². The molecule has 0 fully saturated rings. The molecular weight excluding hydrogens is 246 g/mol. The highest BCUT2D eigenvalue weighted by Crippen LogP contribution is 2.09. The number of carbonyl (C=O) groups excluding carboxylic acids is 3. The Kier molecular flexibility index (Phi) is 5.51. The molecule has 0 bridgehead atoms. The first kappa shape index (κ1) is 14.7. The average molecular weight is 261 g/mol. The van der Waals surface area contributed by atoms with E-state index >= 15 is 0 Å². The van der Waals surface area contributed by atoms with Crippen LogP contribution in [-0.2, 0) is 14.3 Å². The molecule has 0 aliphatic rings. The number of hydrogen-bond acceptors (Lipinski definition) is 4. The van der Waals surface area contributed by atoms with Crippen LogP contribution < -0.4 is 5.32 Å². The van der Waals surface area contributed by atoms with E-state index in [2.05, 4.69) is 10.1 Å². The summed E-state index contributed by atoms with van der Waals surface area (Å²) >= 11 is 0. The van der Waals surface area contributed by atoms with E-state index in [-0.39, 0.29) is 18.0 Å². The second-order valence-electron chi connectivity index (χ2n) is 3.94.